The molecule has 0 aromatic heterocycles. The molecule has 0 radical (unpaired) electrons. The summed E-state index contributed by atoms with van der Waals surface area (Å²) in [5, 5.41) is 2.83. The topological polar surface area (TPSA) is 64.6 Å². The Morgan fingerprint density at radius 3 is 2.32 bits per heavy atom. The number of para-hydroxylation sites is 1. The summed E-state index contributed by atoms with van der Waals surface area (Å²) >= 11 is 0. The summed E-state index contributed by atoms with van der Waals surface area (Å²) in [7, 11) is 0. The molecule has 28 heavy (non-hydrogen) atoms. The van der Waals surface area contributed by atoms with Crippen molar-refractivity contribution >= 4 is 17.6 Å². The van der Waals surface area contributed by atoms with Gasteiger partial charge in [0.2, 0.25) is 0 Å². The molecule has 2 aromatic rings. The molecule has 5 nitrogen and oxygen atoms in total. The third kappa shape index (κ3) is 6.41. The van der Waals surface area contributed by atoms with Crippen LogP contribution in [0.25, 0.3) is 0 Å². The number of hydrogen-bond acceptors (Lipinski definition) is 4. The van der Waals surface area contributed by atoms with Gasteiger partial charge >= 0.3 is 5.97 Å². The van der Waals surface area contributed by atoms with Crippen LogP contribution in [0.15, 0.2) is 48.5 Å². The highest BCUT2D eigenvalue weighted by Gasteiger charge is 2.14. The summed E-state index contributed by atoms with van der Waals surface area (Å²) in [5.74, 6) is 0.551. The Hall–Kier alpha value is -2.82. The number of nitrogens with one attached hydrogen (secondary N) is 1. The SMILES string of the molecule is CC[C@H](C)c1ccccc1NC(=O)COC(=O)c1ccc(OCC(C)C)cc1. The van der Waals surface area contributed by atoms with Crippen LogP contribution in [0.3, 0.4) is 0 Å². The van der Waals surface area contributed by atoms with Crippen molar-refractivity contribution in [1.82, 2.24) is 0 Å². The molecule has 5 heteroatoms. The minimum Gasteiger partial charge on any atom is -0.493 e. The normalized spacial score (nSPS) is 11.8. The molecule has 2 aromatic carbocycles. The van der Waals surface area contributed by atoms with Gasteiger partial charge in [-0.15, -0.1) is 0 Å². The maximum Gasteiger partial charge on any atom is 0.338 e. The first-order valence-corrected chi connectivity index (χ1v) is 9.69. The van der Waals surface area contributed by atoms with Gasteiger partial charge in [0, 0.05) is 5.69 Å². The second kappa shape index (κ2) is 10.5. The zero-order valence-corrected chi connectivity index (χ0v) is 17.0. The molecule has 1 amide bonds. The summed E-state index contributed by atoms with van der Waals surface area (Å²) in [5.41, 5.74) is 2.20. The molecular weight excluding hydrogens is 354 g/mol. The van der Waals surface area contributed by atoms with E-state index >= 15 is 0 Å². The molecule has 1 N–H and O–H groups in total. The first-order valence-electron chi connectivity index (χ1n) is 9.69. The number of anilines is 1. The predicted octanol–water partition coefficient (Wildman–Crippen LogP) is 5.03. The molecule has 0 aliphatic rings. The fourth-order valence-corrected chi connectivity index (χ4v) is 2.61. The highest BCUT2D eigenvalue weighted by atomic mass is 16.5. The summed E-state index contributed by atoms with van der Waals surface area (Å²) in [6, 6.07) is 14.4. The van der Waals surface area contributed by atoms with E-state index < -0.39 is 5.97 Å². The second-order valence-electron chi connectivity index (χ2n) is 7.25. The molecule has 0 aliphatic carbocycles. The van der Waals surface area contributed by atoms with E-state index in [0.29, 0.717) is 29.8 Å². The van der Waals surface area contributed by atoms with Crippen LogP contribution >= 0.6 is 0 Å². The smallest absolute Gasteiger partial charge is 0.338 e. The van der Waals surface area contributed by atoms with Crippen LogP contribution in [-0.2, 0) is 9.53 Å². The van der Waals surface area contributed by atoms with Gasteiger partial charge in [-0.05, 0) is 54.2 Å². The second-order valence-corrected chi connectivity index (χ2v) is 7.25. The van der Waals surface area contributed by atoms with E-state index in [9.17, 15) is 9.59 Å². The van der Waals surface area contributed by atoms with E-state index in [2.05, 4.69) is 33.0 Å². The van der Waals surface area contributed by atoms with Crippen molar-refractivity contribution in [3.05, 3.63) is 59.7 Å². The van der Waals surface area contributed by atoms with Crippen LogP contribution < -0.4 is 10.1 Å². The predicted molar refractivity (Wildman–Crippen MR) is 111 cm³/mol. The summed E-state index contributed by atoms with van der Waals surface area (Å²) in [4.78, 5) is 24.4. The first kappa shape index (κ1) is 21.5. The van der Waals surface area contributed by atoms with Gasteiger partial charge in [-0.2, -0.15) is 0 Å². The number of hydrogen-bond donors (Lipinski definition) is 1. The van der Waals surface area contributed by atoms with Crippen molar-refractivity contribution in [2.45, 2.75) is 40.0 Å². The van der Waals surface area contributed by atoms with Crippen molar-refractivity contribution in [2.24, 2.45) is 5.92 Å². The van der Waals surface area contributed by atoms with Crippen molar-refractivity contribution in [3.63, 3.8) is 0 Å². The zero-order chi connectivity index (χ0) is 20.5. The van der Waals surface area contributed by atoms with Crippen molar-refractivity contribution in [2.75, 3.05) is 18.5 Å². The van der Waals surface area contributed by atoms with Crippen molar-refractivity contribution in [3.8, 4) is 5.75 Å². The van der Waals surface area contributed by atoms with Gasteiger partial charge in [-0.25, -0.2) is 4.79 Å². The maximum atomic E-state index is 12.2. The molecule has 2 rings (SSSR count). The minimum atomic E-state index is -0.541. The van der Waals surface area contributed by atoms with E-state index in [1.54, 1.807) is 24.3 Å². The average Bonchev–Trinajstić information content (AvgIpc) is 2.70. The van der Waals surface area contributed by atoms with Crippen LogP contribution in [0.1, 0.15) is 56.0 Å². The Bertz CT molecular complexity index is 783. The molecule has 0 aliphatic heterocycles. The van der Waals surface area contributed by atoms with Crippen molar-refractivity contribution < 1.29 is 19.1 Å². The number of carbonyl (C=O) groups is 2. The highest BCUT2D eigenvalue weighted by Crippen LogP contribution is 2.26. The lowest BCUT2D eigenvalue weighted by Gasteiger charge is -2.15. The van der Waals surface area contributed by atoms with Gasteiger partial charge in [-0.3, -0.25) is 4.79 Å². The summed E-state index contributed by atoms with van der Waals surface area (Å²) in [6.45, 7) is 8.63. The Morgan fingerprint density at radius 1 is 1.00 bits per heavy atom. The van der Waals surface area contributed by atoms with E-state index in [1.807, 2.05) is 24.3 Å². The number of esters is 1. The quantitative estimate of drug-likeness (QED) is 0.617. The van der Waals surface area contributed by atoms with Gasteiger partial charge in [0.25, 0.3) is 5.91 Å². The van der Waals surface area contributed by atoms with Crippen LogP contribution in [0.2, 0.25) is 0 Å². The van der Waals surface area contributed by atoms with Crippen molar-refractivity contribution in [1.29, 1.82) is 0 Å². The van der Waals surface area contributed by atoms with Crippen LogP contribution in [0.5, 0.6) is 5.75 Å². The van der Waals surface area contributed by atoms with Gasteiger partial charge in [0.1, 0.15) is 5.75 Å². The molecule has 0 saturated carbocycles. The lowest BCUT2D eigenvalue weighted by atomic mass is 9.97. The van der Waals surface area contributed by atoms with Gasteiger partial charge in [-0.1, -0.05) is 45.9 Å². The Morgan fingerprint density at radius 2 is 1.68 bits per heavy atom. The van der Waals surface area contributed by atoms with Gasteiger partial charge in [0.05, 0.1) is 12.2 Å². The fourth-order valence-electron chi connectivity index (χ4n) is 2.61. The molecule has 0 fully saturated rings. The molecule has 150 valence electrons. The minimum absolute atomic E-state index is 0.329. The zero-order valence-electron chi connectivity index (χ0n) is 17.0. The highest BCUT2D eigenvalue weighted by molar-refractivity contribution is 5.96. The van der Waals surface area contributed by atoms with E-state index in [-0.39, 0.29) is 12.5 Å². The number of amides is 1. The molecule has 0 heterocycles. The maximum absolute atomic E-state index is 12.2. The van der Waals surface area contributed by atoms with Gasteiger partial charge < -0.3 is 14.8 Å². The van der Waals surface area contributed by atoms with Gasteiger partial charge in [0.15, 0.2) is 6.61 Å². The fraction of sp³-hybridized carbons (Fsp3) is 0.391. The average molecular weight is 383 g/mol. The molecule has 0 spiro atoms. The van der Waals surface area contributed by atoms with E-state index in [1.165, 1.54) is 0 Å². The number of rotatable bonds is 9. The third-order valence-corrected chi connectivity index (χ3v) is 4.39. The monoisotopic (exact) mass is 383 g/mol. The third-order valence-electron chi connectivity index (χ3n) is 4.39. The number of ether oxygens (including phenoxy) is 2. The lowest BCUT2D eigenvalue weighted by molar-refractivity contribution is -0.119. The first-order chi connectivity index (χ1) is 13.4. The lowest BCUT2D eigenvalue weighted by Crippen LogP contribution is -2.21. The Kier molecular flexibility index (Phi) is 8.05. The van der Waals surface area contributed by atoms with Crippen LogP contribution in [-0.4, -0.2) is 25.1 Å². The molecule has 0 bridgehead atoms. The Labute approximate surface area is 167 Å². The number of benzene rings is 2. The molecule has 1 atom stereocenters. The van der Waals surface area contributed by atoms with E-state index in [4.69, 9.17) is 9.47 Å². The molecule has 0 unspecified atom stereocenters. The molecular formula is C23H29NO4. The van der Waals surface area contributed by atoms with E-state index in [0.717, 1.165) is 17.7 Å². The Balaban J connectivity index is 1.88. The largest absolute Gasteiger partial charge is 0.493 e. The standard InChI is InChI=1S/C23H29NO4/c1-5-17(4)20-8-6-7-9-21(20)24-22(25)15-28-23(26)18-10-12-19(13-11-18)27-14-16(2)3/h6-13,16-17H,5,14-15H2,1-4H3,(H,24,25)/t17-/m0/s1. The summed E-state index contributed by atoms with van der Waals surface area (Å²) in [6.07, 6.45) is 0.971. The van der Waals surface area contributed by atoms with Crippen LogP contribution in [0, 0.1) is 5.92 Å². The number of carbonyl (C=O) groups excluding carboxylic acids is 2. The summed E-state index contributed by atoms with van der Waals surface area (Å²) < 4.78 is 10.7. The van der Waals surface area contributed by atoms with Crippen LogP contribution in [0.4, 0.5) is 5.69 Å². The molecule has 0 saturated heterocycles.